The van der Waals surface area contributed by atoms with Gasteiger partial charge < -0.3 is 14.5 Å². The summed E-state index contributed by atoms with van der Waals surface area (Å²) in [6.07, 6.45) is 3.87. The summed E-state index contributed by atoms with van der Waals surface area (Å²) in [5.74, 6) is 1.92. The van der Waals surface area contributed by atoms with Gasteiger partial charge in [-0.05, 0) is 67.3 Å². The minimum atomic E-state index is 0.466. The predicted molar refractivity (Wildman–Crippen MR) is 112 cm³/mol. The molecule has 0 spiro atoms. The fourth-order valence-electron chi connectivity index (χ4n) is 2.94. The number of ether oxygens (including phenoxy) is 2. The van der Waals surface area contributed by atoms with Crippen LogP contribution in [0, 0.1) is 25.2 Å². The third-order valence-corrected chi connectivity index (χ3v) is 4.73. The van der Waals surface area contributed by atoms with Gasteiger partial charge in [0.2, 0.25) is 0 Å². The highest BCUT2D eigenvalue weighted by Crippen LogP contribution is 2.30. The maximum Gasteiger partial charge on any atom is 0.161 e. The summed E-state index contributed by atoms with van der Waals surface area (Å²) in [4.78, 5) is 7.84. The zero-order valence-electron chi connectivity index (χ0n) is 16.8. The van der Waals surface area contributed by atoms with Crippen LogP contribution in [0.3, 0.4) is 0 Å². The van der Waals surface area contributed by atoms with Crippen molar-refractivity contribution in [2.75, 3.05) is 13.7 Å². The zero-order chi connectivity index (χ0) is 20.1. The number of hydrogen-bond acceptors (Lipinski definition) is 4. The molecule has 1 heterocycles. The Hall–Kier alpha value is -3.26. The van der Waals surface area contributed by atoms with E-state index < -0.39 is 0 Å². The van der Waals surface area contributed by atoms with E-state index in [1.807, 2.05) is 24.3 Å². The summed E-state index contributed by atoms with van der Waals surface area (Å²) in [6, 6.07) is 12.0. The van der Waals surface area contributed by atoms with Gasteiger partial charge in [-0.25, -0.2) is 4.98 Å². The molecule has 3 rings (SSSR count). The molecule has 144 valence electrons. The smallest absolute Gasteiger partial charge is 0.161 e. The Balaban J connectivity index is 1.93. The maximum absolute atomic E-state index is 9.67. The van der Waals surface area contributed by atoms with Crippen molar-refractivity contribution in [3.63, 3.8) is 0 Å². The standard InChI is InChI=1S/C23H25N3O2/c1-5-6-9-28-21-8-7-17(13-22(21)27-4)12-18(14-24)23-25-19-10-15(2)16(3)11-20(19)26-23/h7-8,10-13H,5-6,9H2,1-4H3,(H,25,26). The van der Waals surface area contributed by atoms with Crippen LogP contribution >= 0.6 is 0 Å². The number of methoxy groups -OCH3 is 1. The number of H-pyrrole nitrogens is 1. The number of benzene rings is 2. The molecular weight excluding hydrogens is 350 g/mol. The van der Waals surface area contributed by atoms with Gasteiger partial charge in [-0.2, -0.15) is 5.26 Å². The van der Waals surface area contributed by atoms with Crippen LogP contribution in [0.2, 0.25) is 0 Å². The van der Waals surface area contributed by atoms with Gasteiger partial charge in [0.05, 0.1) is 30.3 Å². The second-order valence-electron chi connectivity index (χ2n) is 6.82. The van der Waals surface area contributed by atoms with Gasteiger partial charge in [-0.1, -0.05) is 19.4 Å². The predicted octanol–water partition coefficient (Wildman–Crippen LogP) is 5.43. The number of nitrogens with zero attached hydrogens (tertiary/aromatic N) is 2. The molecule has 0 atom stereocenters. The van der Waals surface area contributed by atoms with E-state index in [0.717, 1.165) is 29.4 Å². The Labute approximate surface area is 165 Å². The molecule has 5 heteroatoms. The fourth-order valence-corrected chi connectivity index (χ4v) is 2.94. The maximum atomic E-state index is 9.67. The van der Waals surface area contributed by atoms with Crippen molar-refractivity contribution < 1.29 is 9.47 Å². The number of aryl methyl sites for hydroxylation is 2. The van der Waals surface area contributed by atoms with Gasteiger partial charge in [0, 0.05) is 0 Å². The lowest BCUT2D eigenvalue weighted by Crippen LogP contribution is -1.99. The van der Waals surface area contributed by atoms with Crippen molar-refractivity contribution in [1.82, 2.24) is 9.97 Å². The molecule has 2 aromatic carbocycles. The number of rotatable bonds is 7. The Kier molecular flexibility index (Phi) is 6.00. The normalized spacial score (nSPS) is 11.5. The number of fused-ring (bicyclic) bond motifs is 1. The molecule has 28 heavy (non-hydrogen) atoms. The number of imidazole rings is 1. The lowest BCUT2D eigenvalue weighted by molar-refractivity contribution is 0.288. The number of nitriles is 1. The van der Waals surface area contributed by atoms with E-state index >= 15 is 0 Å². The second-order valence-corrected chi connectivity index (χ2v) is 6.82. The lowest BCUT2D eigenvalue weighted by atomic mass is 10.1. The van der Waals surface area contributed by atoms with Crippen LogP contribution < -0.4 is 9.47 Å². The van der Waals surface area contributed by atoms with E-state index in [0.29, 0.717) is 29.5 Å². The molecule has 3 aromatic rings. The summed E-state index contributed by atoms with van der Waals surface area (Å²) in [5.41, 5.74) is 5.47. The molecule has 1 aromatic heterocycles. The van der Waals surface area contributed by atoms with E-state index in [9.17, 15) is 5.26 Å². The van der Waals surface area contributed by atoms with Gasteiger partial charge in [0.1, 0.15) is 11.9 Å². The third-order valence-electron chi connectivity index (χ3n) is 4.73. The molecule has 1 N–H and O–H groups in total. The topological polar surface area (TPSA) is 70.9 Å². The van der Waals surface area contributed by atoms with Crippen molar-refractivity contribution >= 4 is 22.7 Å². The summed E-state index contributed by atoms with van der Waals surface area (Å²) in [5, 5.41) is 9.67. The number of nitrogens with one attached hydrogen (secondary N) is 1. The minimum absolute atomic E-state index is 0.466. The molecule has 0 aliphatic carbocycles. The first kappa shape index (κ1) is 19.5. The number of allylic oxidation sites excluding steroid dienone is 1. The summed E-state index contributed by atoms with van der Waals surface area (Å²) in [6.45, 7) is 6.90. The van der Waals surface area contributed by atoms with Crippen molar-refractivity contribution in [2.45, 2.75) is 33.6 Å². The molecule has 0 bridgehead atoms. The van der Waals surface area contributed by atoms with E-state index in [-0.39, 0.29) is 0 Å². The van der Waals surface area contributed by atoms with E-state index in [2.05, 4.69) is 42.9 Å². The molecule has 0 amide bonds. The Morgan fingerprint density at radius 2 is 1.96 bits per heavy atom. The van der Waals surface area contributed by atoms with Crippen LogP contribution in [0.25, 0.3) is 22.7 Å². The highest BCUT2D eigenvalue weighted by Gasteiger charge is 2.11. The highest BCUT2D eigenvalue weighted by molar-refractivity contribution is 5.90. The average molecular weight is 375 g/mol. The molecule has 0 unspecified atom stereocenters. The van der Waals surface area contributed by atoms with Gasteiger partial charge in [0.15, 0.2) is 11.5 Å². The first-order valence-electron chi connectivity index (χ1n) is 9.45. The number of aromatic amines is 1. The van der Waals surface area contributed by atoms with E-state index in [1.54, 1.807) is 13.2 Å². The van der Waals surface area contributed by atoms with Crippen LogP contribution in [-0.4, -0.2) is 23.7 Å². The van der Waals surface area contributed by atoms with Crippen LogP contribution in [0.15, 0.2) is 30.3 Å². The monoisotopic (exact) mass is 375 g/mol. The lowest BCUT2D eigenvalue weighted by Gasteiger charge is -2.11. The number of hydrogen-bond donors (Lipinski definition) is 1. The van der Waals surface area contributed by atoms with Crippen molar-refractivity contribution in [1.29, 1.82) is 5.26 Å². The Bertz CT molecular complexity index is 1020. The van der Waals surface area contributed by atoms with E-state index in [4.69, 9.17) is 9.47 Å². The van der Waals surface area contributed by atoms with Crippen LogP contribution in [0.1, 0.15) is 42.3 Å². The minimum Gasteiger partial charge on any atom is -0.493 e. The molecular formula is C23H25N3O2. The number of aromatic nitrogens is 2. The molecule has 0 saturated heterocycles. The van der Waals surface area contributed by atoms with Crippen molar-refractivity contribution in [2.24, 2.45) is 0 Å². The number of unbranched alkanes of at least 4 members (excludes halogenated alkanes) is 1. The third kappa shape index (κ3) is 4.17. The SMILES string of the molecule is CCCCOc1ccc(C=C(C#N)c2nc3cc(C)c(C)cc3[nH]2)cc1OC. The van der Waals surface area contributed by atoms with Crippen molar-refractivity contribution in [3.05, 3.63) is 52.8 Å². The summed E-state index contributed by atoms with van der Waals surface area (Å²) >= 11 is 0. The van der Waals surface area contributed by atoms with Gasteiger partial charge in [-0.15, -0.1) is 0 Å². The van der Waals surface area contributed by atoms with Gasteiger partial charge in [-0.3, -0.25) is 0 Å². The molecule has 0 fully saturated rings. The quantitative estimate of drug-likeness (QED) is 0.441. The molecule has 0 aliphatic heterocycles. The summed E-state index contributed by atoms with van der Waals surface area (Å²) < 4.78 is 11.2. The van der Waals surface area contributed by atoms with Crippen LogP contribution in [0.5, 0.6) is 11.5 Å². The van der Waals surface area contributed by atoms with Crippen LogP contribution in [0.4, 0.5) is 0 Å². The van der Waals surface area contributed by atoms with Gasteiger partial charge >= 0.3 is 0 Å². The molecule has 0 aliphatic rings. The second kappa shape index (κ2) is 8.62. The van der Waals surface area contributed by atoms with Crippen molar-refractivity contribution in [3.8, 4) is 17.6 Å². The van der Waals surface area contributed by atoms with Crippen LogP contribution in [-0.2, 0) is 0 Å². The van der Waals surface area contributed by atoms with E-state index in [1.165, 1.54) is 11.1 Å². The average Bonchev–Trinajstić information content (AvgIpc) is 3.09. The Morgan fingerprint density at radius 1 is 1.18 bits per heavy atom. The zero-order valence-corrected chi connectivity index (χ0v) is 16.8. The Morgan fingerprint density at radius 3 is 2.68 bits per heavy atom. The largest absolute Gasteiger partial charge is 0.493 e. The molecule has 5 nitrogen and oxygen atoms in total. The van der Waals surface area contributed by atoms with Gasteiger partial charge in [0.25, 0.3) is 0 Å². The first-order chi connectivity index (χ1) is 13.5. The molecule has 0 radical (unpaired) electrons. The first-order valence-corrected chi connectivity index (χ1v) is 9.45. The molecule has 0 saturated carbocycles. The fraction of sp³-hybridized carbons (Fsp3) is 0.304. The summed E-state index contributed by atoms with van der Waals surface area (Å²) in [7, 11) is 1.62. The highest BCUT2D eigenvalue weighted by atomic mass is 16.5.